The van der Waals surface area contributed by atoms with Gasteiger partial charge in [0, 0.05) is 10.9 Å². The Morgan fingerprint density at radius 2 is 2.15 bits per heavy atom. The van der Waals surface area contributed by atoms with Crippen molar-refractivity contribution < 1.29 is 9.52 Å². The molecule has 1 aromatic heterocycles. The van der Waals surface area contributed by atoms with E-state index in [2.05, 4.69) is 0 Å². The van der Waals surface area contributed by atoms with Crippen molar-refractivity contribution in [2.24, 2.45) is 0 Å². The predicted octanol–water partition coefficient (Wildman–Crippen LogP) is 1.99. The van der Waals surface area contributed by atoms with Gasteiger partial charge in [0.1, 0.15) is 5.58 Å². The fourth-order valence-corrected chi connectivity index (χ4v) is 1.28. The van der Waals surface area contributed by atoms with Gasteiger partial charge in [0.2, 0.25) is 0 Å². The molecule has 0 aliphatic carbocycles. The molecule has 3 heteroatoms. The lowest BCUT2D eigenvalue weighted by Crippen LogP contribution is -1.90. The second-order valence-electron chi connectivity index (χ2n) is 2.72. The van der Waals surface area contributed by atoms with Gasteiger partial charge in [-0.15, -0.1) is 0 Å². The van der Waals surface area contributed by atoms with Gasteiger partial charge in [0.15, 0.2) is 6.10 Å². The number of aliphatic hydroxyl groups is 1. The Bertz CT molecular complexity index is 467. The first-order chi connectivity index (χ1) is 6.33. The number of nitriles is 1. The molecule has 0 aliphatic rings. The van der Waals surface area contributed by atoms with Crippen LogP contribution in [0.15, 0.2) is 34.9 Å². The first-order valence-corrected chi connectivity index (χ1v) is 3.87. The fourth-order valence-electron chi connectivity index (χ4n) is 1.28. The third-order valence-corrected chi connectivity index (χ3v) is 1.93. The maximum absolute atomic E-state index is 9.30. The van der Waals surface area contributed by atoms with Crippen LogP contribution in [0.1, 0.15) is 11.7 Å². The number of hydrogen-bond acceptors (Lipinski definition) is 3. The van der Waals surface area contributed by atoms with Crippen molar-refractivity contribution in [3.8, 4) is 6.07 Å². The standard InChI is InChI=1S/C10H7NO2/c11-5-9(12)8-6-13-10-4-2-1-3-7(8)10/h1-4,6,9,12H/t9-/m1/s1. The highest BCUT2D eigenvalue weighted by Gasteiger charge is 2.12. The first-order valence-electron chi connectivity index (χ1n) is 3.87. The zero-order valence-electron chi connectivity index (χ0n) is 6.77. The van der Waals surface area contributed by atoms with Crippen molar-refractivity contribution in [3.63, 3.8) is 0 Å². The zero-order chi connectivity index (χ0) is 9.26. The quantitative estimate of drug-likeness (QED) is 0.671. The summed E-state index contributed by atoms with van der Waals surface area (Å²) in [6.45, 7) is 0. The van der Waals surface area contributed by atoms with Crippen LogP contribution in [-0.2, 0) is 0 Å². The topological polar surface area (TPSA) is 57.2 Å². The summed E-state index contributed by atoms with van der Waals surface area (Å²) in [5, 5.41) is 18.6. The summed E-state index contributed by atoms with van der Waals surface area (Å²) < 4.78 is 5.16. The molecule has 64 valence electrons. The van der Waals surface area contributed by atoms with E-state index in [9.17, 15) is 5.11 Å². The minimum atomic E-state index is -1.11. The minimum Gasteiger partial charge on any atom is -0.464 e. The smallest absolute Gasteiger partial charge is 0.169 e. The highest BCUT2D eigenvalue weighted by molar-refractivity contribution is 5.81. The molecular weight excluding hydrogens is 166 g/mol. The van der Waals surface area contributed by atoms with E-state index < -0.39 is 6.10 Å². The normalized spacial score (nSPS) is 12.6. The van der Waals surface area contributed by atoms with Crippen LogP contribution in [0.2, 0.25) is 0 Å². The van der Waals surface area contributed by atoms with E-state index >= 15 is 0 Å². The number of aliphatic hydroxyl groups excluding tert-OH is 1. The van der Waals surface area contributed by atoms with Gasteiger partial charge in [-0.3, -0.25) is 0 Å². The number of fused-ring (bicyclic) bond motifs is 1. The van der Waals surface area contributed by atoms with E-state index in [0.29, 0.717) is 11.1 Å². The lowest BCUT2D eigenvalue weighted by molar-refractivity contribution is 0.236. The van der Waals surface area contributed by atoms with Gasteiger partial charge in [-0.25, -0.2) is 0 Å². The summed E-state index contributed by atoms with van der Waals surface area (Å²) in [5.41, 5.74) is 1.21. The van der Waals surface area contributed by atoms with Gasteiger partial charge in [0.25, 0.3) is 0 Å². The lowest BCUT2D eigenvalue weighted by atomic mass is 10.1. The first kappa shape index (κ1) is 7.84. The molecule has 0 bridgehead atoms. The molecule has 1 N–H and O–H groups in total. The van der Waals surface area contributed by atoms with Gasteiger partial charge < -0.3 is 9.52 Å². The molecule has 0 aliphatic heterocycles. The SMILES string of the molecule is N#C[C@@H](O)c1coc2ccccc12. The Hall–Kier alpha value is -1.79. The number of benzene rings is 1. The summed E-state index contributed by atoms with van der Waals surface area (Å²) in [5.74, 6) is 0. The molecule has 1 atom stereocenters. The third kappa shape index (κ3) is 1.17. The Balaban J connectivity index is 2.66. The van der Waals surface area contributed by atoms with Crippen molar-refractivity contribution >= 4 is 11.0 Å². The molecule has 0 radical (unpaired) electrons. The highest BCUT2D eigenvalue weighted by Crippen LogP contribution is 2.25. The average molecular weight is 173 g/mol. The zero-order valence-corrected chi connectivity index (χ0v) is 6.77. The molecule has 13 heavy (non-hydrogen) atoms. The van der Waals surface area contributed by atoms with E-state index in [4.69, 9.17) is 9.68 Å². The minimum absolute atomic E-state index is 0.526. The van der Waals surface area contributed by atoms with Crippen LogP contribution in [0.25, 0.3) is 11.0 Å². The number of hydrogen-bond donors (Lipinski definition) is 1. The third-order valence-electron chi connectivity index (χ3n) is 1.93. The molecule has 2 rings (SSSR count). The Labute approximate surface area is 74.8 Å². The van der Waals surface area contributed by atoms with Crippen molar-refractivity contribution in [2.75, 3.05) is 0 Å². The van der Waals surface area contributed by atoms with Crippen LogP contribution in [0.4, 0.5) is 0 Å². The summed E-state index contributed by atoms with van der Waals surface area (Å²) in [6, 6.07) is 9.04. The van der Waals surface area contributed by atoms with Crippen LogP contribution in [-0.4, -0.2) is 5.11 Å². The van der Waals surface area contributed by atoms with E-state index in [-0.39, 0.29) is 0 Å². The molecule has 0 fully saturated rings. The molecule has 2 aromatic rings. The monoisotopic (exact) mass is 173 g/mol. The average Bonchev–Trinajstić information content (AvgIpc) is 2.60. The maximum Gasteiger partial charge on any atom is 0.169 e. The van der Waals surface area contributed by atoms with Crippen molar-refractivity contribution in [1.82, 2.24) is 0 Å². The van der Waals surface area contributed by atoms with E-state index in [1.54, 1.807) is 12.1 Å². The molecule has 3 nitrogen and oxygen atoms in total. The van der Waals surface area contributed by atoms with E-state index in [1.807, 2.05) is 18.2 Å². The van der Waals surface area contributed by atoms with Crippen LogP contribution >= 0.6 is 0 Å². The summed E-state index contributed by atoms with van der Waals surface area (Å²) in [7, 11) is 0. The molecule has 0 amide bonds. The maximum atomic E-state index is 9.30. The van der Waals surface area contributed by atoms with Crippen molar-refractivity contribution in [1.29, 1.82) is 5.26 Å². The van der Waals surface area contributed by atoms with Gasteiger partial charge in [-0.1, -0.05) is 18.2 Å². The van der Waals surface area contributed by atoms with Crippen LogP contribution in [0.5, 0.6) is 0 Å². The molecule has 0 unspecified atom stereocenters. The predicted molar refractivity (Wildman–Crippen MR) is 46.8 cm³/mol. The largest absolute Gasteiger partial charge is 0.464 e. The van der Waals surface area contributed by atoms with Crippen molar-refractivity contribution in [3.05, 3.63) is 36.1 Å². The number of furan rings is 1. The molecule has 1 aromatic carbocycles. The van der Waals surface area contributed by atoms with E-state index in [0.717, 1.165) is 5.39 Å². The second-order valence-corrected chi connectivity index (χ2v) is 2.72. The Kier molecular flexibility index (Phi) is 1.76. The number of para-hydroxylation sites is 1. The van der Waals surface area contributed by atoms with Gasteiger partial charge >= 0.3 is 0 Å². The summed E-state index contributed by atoms with van der Waals surface area (Å²) >= 11 is 0. The highest BCUT2D eigenvalue weighted by atomic mass is 16.3. The van der Waals surface area contributed by atoms with Crippen LogP contribution in [0.3, 0.4) is 0 Å². The van der Waals surface area contributed by atoms with Gasteiger partial charge in [-0.2, -0.15) is 5.26 Å². The molecule has 0 saturated carbocycles. The molecular formula is C10H7NO2. The number of nitrogens with zero attached hydrogens (tertiary/aromatic N) is 1. The van der Waals surface area contributed by atoms with Crippen LogP contribution in [0, 0.1) is 11.3 Å². The lowest BCUT2D eigenvalue weighted by Gasteiger charge is -1.96. The Morgan fingerprint density at radius 3 is 2.92 bits per heavy atom. The van der Waals surface area contributed by atoms with Gasteiger partial charge in [-0.05, 0) is 6.07 Å². The molecule has 0 saturated heterocycles. The second kappa shape index (κ2) is 2.92. The van der Waals surface area contributed by atoms with Gasteiger partial charge in [0.05, 0.1) is 12.3 Å². The summed E-state index contributed by atoms with van der Waals surface area (Å²) in [4.78, 5) is 0. The Morgan fingerprint density at radius 1 is 1.38 bits per heavy atom. The molecule has 1 heterocycles. The van der Waals surface area contributed by atoms with Crippen LogP contribution < -0.4 is 0 Å². The molecule has 0 spiro atoms. The van der Waals surface area contributed by atoms with Crippen molar-refractivity contribution in [2.45, 2.75) is 6.10 Å². The number of rotatable bonds is 1. The fraction of sp³-hybridized carbons (Fsp3) is 0.100. The van der Waals surface area contributed by atoms with E-state index in [1.165, 1.54) is 6.26 Å². The summed E-state index contributed by atoms with van der Waals surface area (Å²) in [6.07, 6.45) is 0.307.